The van der Waals surface area contributed by atoms with E-state index in [1.54, 1.807) is 11.8 Å². The first-order valence-electron chi connectivity index (χ1n) is 11.0. The van der Waals surface area contributed by atoms with Gasteiger partial charge < -0.3 is 14.6 Å². The molecule has 31 heavy (non-hydrogen) atoms. The molecule has 160 valence electrons. The molecule has 0 amide bonds. The first-order chi connectivity index (χ1) is 15.2. The number of benzene rings is 1. The first kappa shape index (κ1) is 20.6. The summed E-state index contributed by atoms with van der Waals surface area (Å²) in [4.78, 5) is 8.21. The van der Waals surface area contributed by atoms with Crippen LogP contribution in [0.2, 0.25) is 0 Å². The minimum Gasteiger partial charge on any atom is -0.452 e. The summed E-state index contributed by atoms with van der Waals surface area (Å²) in [6, 6.07) is 19.2. The molecule has 2 atom stereocenters. The van der Waals surface area contributed by atoms with E-state index < -0.39 is 0 Å². The van der Waals surface area contributed by atoms with Gasteiger partial charge in [0.05, 0.1) is 11.7 Å². The van der Waals surface area contributed by atoms with Crippen LogP contribution in [0.5, 0.6) is 0 Å². The molecule has 2 fully saturated rings. The molecule has 3 heterocycles. The lowest BCUT2D eigenvalue weighted by Crippen LogP contribution is -2.40. The molecule has 1 aliphatic heterocycles. The molecule has 1 saturated heterocycles. The number of hydrogen-bond acceptors (Lipinski definition) is 4. The van der Waals surface area contributed by atoms with Crippen molar-refractivity contribution in [2.24, 2.45) is 0 Å². The van der Waals surface area contributed by atoms with Gasteiger partial charge in [0.1, 0.15) is 11.8 Å². The number of aromatic nitrogens is 1. The summed E-state index contributed by atoms with van der Waals surface area (Å²) < 4.78 is 6.42. The summed E-state index contributed by atoms with van der Waals surface area (Å²) >= 11 is 7.50. The zero-order valence-electron chi connectivity index (χ0n) is 17.7. The molecule has 1 N–H and O–H groups in total. The van der Waals surface area contributed by atoms with Crippen molar-refractivity contribution in [3.05, 3.63) is 77.8 Å². The Labute approximate surface area is 193 Å². The molecule has 6 heteroatoms. The SMILES string of the molecule is Cc1ccc(Sc2ccc([C@@H]3[C@@H](c4ccccn4)NC(=S)N3C3CCCCC3)o2)cc1. The van der Waals surface area contributed by atoms with Crippen LogP contribution in [0.3, 0.4) is 0 Å². The predicted octanol–water partition coefficient (Wildman–Crippen LogP) is 6.44. The quantitative estimate of drug-likeness (QED) is 0.452. The second-order valence-corrected chi connectivity index (χ2v) is 9.86. The molecule has 3 aromatic rings. The normalized spacial score (nSPS) is 22.0. The number of rotatable bonds is 5. The molecule has 1 saturated carbocycles. The van der Waals surface area contributed by atoms with E-state index in [1.807, 2.05) is 18.3 Å². The van der Waals surface area contributed by atoms with E-state index in [-0.39, 0.29) is 12.1 Å². The Morgan fingerprint density at radius 1 is 1.03 bits per heavy atom. The summed E-state index contributed by atoms with van der Waals surface area (Å²) in [6.45, 7) is 2.10. The Morgan fingerprint density at radius 2 is 1.84 bits per heavy atom. The zero-order valence-corrected chi connectivity index (χ0v) is 19.3. The van der Waals surface area contributed by atoms with E-state index in [0.29, 0.717) is 6.04 Å². The van der Waals surface area contributed by atoms with Crippen molar-refractivity contribution in [1.29, 1.82) is 0 Å². The summed E-state index contributed by atoms with van der Waals surface area (Å²) in [6.07, 6.45) is 8.05. The van der Waals surface area contributed by atoms with Crippen LogP contribution < -0.4 is 5.32 Å². The van der Waals surface area contributed by atoms with E-state index >= 15 is 0 Å². The van der Waals surface area contributed by atoms with Crippen molar-refractivity contribution in [2.45, 2.75) is 67.1 Å². The second-order valence-electron chi connectivity index (χ2n) is 8.40. The van der Waals surface area contributed by atoms with Crippen LogP contribution in [0, 0.1) is 6.92 Å². The molecule has 0 radical (unpaired) electrons. The number of furan rings is 1. The minimum atomic E-state index is -0.0148. The third kappa shape index (κ3) is 4.37. The minimum absolute atomic E-state index is 0.0119. The third-order valence-electron chi connectivity index (χ3n) is 6.24. The maximum absolute atomic E-state index is 6.42. The van der Waals surface area contributed by atoms with Crippen molar-refractivity contribution in [3.8, 4) is 0 Å². The molecule has 5 rings (SSSR count). The average molecular weight is 450 g/mol. The highest BCUT2D eigenvalue weighted by Crippen LogP contribution is 2.44. The Balaban J connectivity index is 1.46. The molecule has 0 unspecified atom stereocenters. The predicted molar refractivity (Wildman–Crippen MR) is 128 cm³/mol. The van der Waals surface area contributed by atoms with Crippen LogP contribution in [0.1, 0.15) is 61.2 Å². The van der Waals surface area contributed by atoms with Gasteiger partial charge in [-0.25, -0.2) is 0 Å². The smallest absolute Gasteiger partial charge is 0.170 e. The summed E-state index contributed by atoms with van der Waals surface area (Å²) in [5.41, 5.74) is 2.26. The summed E-state index contributed by atoms with van der Waals surface area (Å²) in [5.74, 6) is 0.947. The standard InChI is InChI=1S/C25H27N3OS2/c1-17-10-12-19(13-11-17)31-22-15-14-21(29-22)24-23(20-9-5-6-16-26-20)27-25(30)28(24)18-7-3-2-4-8-18/h5-6,9-16,18,23-24H,2-4,7-8H2,1H3,(H,27,30)/t23-,24-/m1/s1. The highest BCUT2D eigenvalue weighted by atomic mass is 32.2. The second kappa shape index (κ2) is 9.05. The molecule has 2 aromatic heterocycles. The van der Waals surface area contributed by atoms with E-state index in [1.165, 1.54) is 42.6 Å². The fraction of sp³-hybridized carbons (Fsp3) is 0.360. The van der Waals surface area contributed by atoms with E-state index in [0.717, 1.165) is 21.7 Å². The molecule has 4 nitrogen and oxygen atoms in total. The van der Waals surface area contributed by atoms with Crippen molar-refractivity contribution in [1.82, 2.24) is 15.2 Å². The van der Waals surface area contributed by atoms with Crippen LogP contribution in [-0.4, -0.2) is 21.0 Å². The molecule has 2 aliphatic rings. The van der Waals surface area contributed by atoms with Crippen molar-refractivity contribution in [2.75, 3.05) is 0 Å². The number of nitrogens with zero attached hydrogens (tertiary/aromatic N) is 2. The van der Waals surface area contributed by atoms with Gasteiger partial charge >= 0.3 is 0 Å². The lowest BCUT2D eigenvalue weighted by atomic mass is 9.92. The number of pyridine rings is 1. The molecule has 1 aromatic carbocycles. The average Bonchev–Trinajstić information content (AvgIpc) is 3.40. The molecule has 0 bridgehead atoms. The van der Waals surface area contributed by atoms with Gasteiger partial charge in [0.2, 0.25) is 0 Å². The summed E-state index contributed by atoms with van der Waals surface area (Å²) in [7, 11) is 0. The highest BCUT2D eigenvalue weighted by molar-refractivity contribution is 7.99. The van der Waals surface area contributed by atoms with Crippen LogP contribution in [0.15, 0.2) is 75.2 Å². The van der Waals surface area contributed by atoms with Crippen molar-refractivity contribution >= 4 is 29.1 Å². The monoisotopic (exact) mass is 449 g/mol. The highest BCUT2D eigenvalue weighted by Gasteiger charge is 2.44. The largest absolute Gasteiger partial charge is 0.452 e. The van der Waals surface area contributed by atoms with Crippen LogP contribution in [0.25, 0.3) is 0 Å². The maximum atomic E-state index is 6.42. The van der Waals surface area contributed by atoms with Gasteiger partial charge in [-0.3, -0.25) is 4.98 Å². The topological polar surface area (TPSA) is 41.3 Å². The van der Waals surface area contributed by atoms with Crippen LogP contribution in [0.4, 0.5) is 0 Å². The Bertz CT molecular complexity index is 1030. The van der Waals surface area contributed by atoms with Crippen molar-refractivity contribution in [3.63, 3.8) is 0 Å². The number of hydrogen-bond donors (Lipinski definition) is 1. The van der Waals surface area contributed by atoms with Gasteiger partial charge in [0.25, 0.3) is 0 Å². The first-order valence-corrected chi connectivity index (χ1v) is 12.3. The number of thiocarbonyl (C=S) groups is 1. The lowest BCUT2D eigenvalue weighted by molar-refractivity contribution is 0.174. The van der Waals surface area contributed by atoms with E-state index in [9.17, 15) is 0 Å². The van der Waals surface area contributed by atoms with Crippen molar-refractivity contribution < 1.29 is 4.42 Å². The Kier molecular flexibility index (Phi) is 6.01. The van der Waals surface area contributed by atoms with Gasteiger partial charge in [-0.1, -0.05) is 54.8 Å². The maximum Gasteiger partial charge on any atom is 0.170 e. The number of nitrogens with one attached hydrogen (secondary N) is 1. The van der Waals surface area contributed by atoms with Crippen LogP contribution in [-0.2, 0) is 0 Å². The Morgan fingerprint density at radius 3 is 2.58 bits per heavy atom. The van der Waals surface area contributed by atoms with Gasteiger partial charge in [-0.15, -0.1) is 0 Å². The lowest BCUT2D eigenvalue weighted by Gasteiger charge is -2.36. The van der Waals surface area contributed by atoms with Gasteiger partial charge in [-0.2, -0.15) is 0 Å². The van der Waals surface area contributed by atoms with Gasteiger partial charge in [0.15, 0.2) is 10.2 Å². The molecule has 0 spiro atoms. The van der Waals surface area contributed by atoms with Gasteiger partial charge in [0, 0.05) is 17.1 Å². The fourth-order valence-electron chi connectivity index (χ4n) is 4.69. The summed E-state index contributed by atoms with van der Waals surface area (Å²) in [5, 5.41) is 5.28. The number of aryl methyl sites for hydroxylation is 1. The van der Waals surface area contributed by atoms with E-state index in [2.05, 4.69) is 64.6 Å². The Hall–Kier alpha value is -2.31. The molecule has 1 aliphatic carbocycles. The zero-order chi connectivity index (χ0) is 21.2. The van der Waals surface area contributed by atoms with E-state index in [4.69, 9.17) is 16.6 Å². The molecular weight excluding hydrogens is 422 g/mol. The third-order valence-corrected chi connectivity index (χ3v) is 7.49. The van der Waals surface area contributed by atoms with Gasteiger partial charge in [-0.05, 0) is 68.4 Å². The molecular formula is C25H27N3OS2. The fourth-order valence-corrected chi connectivity index (χ4v) is 5.86. The van der Waals surface area contributed by atoms with Crippen LogP contribution >= 0.6 is 24.0 Å².